The van der Waals surface area contributed by atoms with E-state index in [9.17, 15) is 0 Å². The molecule has 2 aromatic heterocycles. The maximum atomic E-state index is 6.10. The molecule has 4 aromatic rings. The number of nitrogens with one attached hydrogen (secondary N) is 1. The molecule has 0 unspecified atom stereocenters. The summed E-state index contributed by atoms with van der Waals surface area (Å²) in [6, 6.07) is 24.6. The number of aryl methyl sites for hydroxylation is 1. The Kier molecular flexibility index (Phi) is 5.57. The number of imidazole rings is 1. The van der Waals surface area contributed by atoms with Gasteiger partial charge < -0.3 is 10.1 Å². The van der Waals surface area contributed by atoms with Crippen molar-refractivity contribution in [3.05, 3.63) is 95.8 Å². The third-order valence-electron chi connectivity index (χ3n) is 4.71. The predicted molar refractivity (Wildman–Crippen MR) is 114 cm³/mol. The highest BCUT2D eigenvalue weighted by molar-refractivity contribution is 5.62. The number of nitrogens with zero attached hydrogens (tertiary/aromatic N) is 2. The normalized spacial score (nSPS) is 10.9. The lowest BCUT2D eigenvalue weighted by Gasteiger charge is -2.10. The van der Waals surface area contributed by atoms with Crippen LogP contribution in [-0.4, -0.2) is 9.38 Å². The van der Waals surface area contributed by atoms with E-state index in [1.54, 1.807) is 0 Å². The van der Waals surface area contributed by atoms with Gasteiger partial charge in [-0.25, -0.2) is 4.98 Å². The SMILES string of the molecule is CCCc1nc2c(OCc3ccccc3)cccn2c1NCc1ccccc1. The molecular formula is C24H25N3O. The largest absolute Gasteiger partial charge is 0.485 e. The fourth-order valence-electron chi connectivity index (χ4n) is 3.32. The van der Waals surface area contributed by atoms with Gasteiger partial charge in [-0.1, -0.05) is 74.0 Å². The van der Waals surface area contributed by atoms with Crippen molar-refractivity contribution in [3.63, 3.8) is 0 Å². The second kappa shape index (κ2) is 8.61. The molecule has 0 aliphatic heterocycles. The topological polar surface area (TPSA) is 38.6 Å². The van der Waals surface area contributed by atoms with Gasteiger partial charge in [-0.3, -0.25) is 4.40 Å². The Morgan fingerprint density at radius 1 is 0.893 bits per heavy atom. The Labute approximate surface area is 165 Å². The summed E-state index contributed by atoms with van der Waals surface area (Å²) < 4.78 is 8.21. The summed E-state index contributed by atoms with van der Waals surface area (Å²) in [6.45, 7) is 3.47. The highest BCUT2D eigenvalue weighted by Crippen LogP contribution is 2.27. The fraction of sp³-hybridized carbons (Fsp3) is 0.208. The maximum Gasteiger partial charge on any atom is 0.181 e. The zero-order chi connectivity index (χ0) is 19.2. The number of pyridine rings is 1. The van der Waals surface area contributed by atoms with Crippen LogP contribution in [0.2, 0.25) is 0 Å². The van der Waals surface area contributed by atoms with Gasteiger partial charge in [0.25, 0.3) is 0 Å². The highest BCUT2D eigenvalue weighted by Gasteiger charge is 2.15. The minimum Gasteiger partial charge on any atom is -0.485 e. The second-order valence-electron chi connectivity index (χ2n) is 6.84. The first-order chi connectivity index (χ1) is 13.8. The van der Waals surface area contributed by atoms with Crippen molar-refractivity contribution in [2.45, 2.75) is 32.9 Å². The minimum absolute atomic E-state index is 0.531. The van der Waals surface area contributed by atoms with E-state index in [1.807, 2.05) is 42.6 Å². The van der Waals surface area contributed by atoms with Gasteiger partial charge in [-0.2, -0.15) is 0 Å². The number of aromatic nitrogens is 2. The van der Waals surface area contributed by atoms with Crippen molar-refractivity contribution in [3.8, 4) is 5.75 Å². The van der Waals surface area contributed by atoms with E-state index in [2.05, 4.69) is 53.0 Å². The molecule has 0 fully saturated rings. The molecule has 0 aliphatic rings. The van der Waals surface area contributed by atoms with Gasteiger partial charge in [0.1, 0.15) is 12.4 Å². The number of hydrogen-bond acceptors (Lipinski definition) is 3. The Balaban J connectivity index is 1.62. The molecule has 0 atom stereocenters. The molecule has 4 nitrogen and oxygen atoms in total. The average Bonchev–Trinajstić information content (AvgIpc) is 3.10. The number of hydrogen-bond donors (Lipinski definition) is 1. The van der Waals surface area contributed by atoms with E-state index in [0.29, 0.717) is 6.61 Å². The molecule has 0 saturated heterocycles. The first-order valence-corrected chi connectivity index (χ1v) is 9.79. The van der Waals surface area contributed by atoms with Crippen molar-refractivity contribution in [1.82, 2.24) is 9.38 Å². The lowest BCUT2D eigenvalue weighted by atomic mass is 10.2. The van der Waals surface area contributed by atoms with Crippen LogP contribution in [0, 0.1) is 0 Å². The van der Waals surface area contributed by atoms with Crippen molar-refractivity contribution < 1.29 is 4.74 Å². The van der Waals surface area contributed by atoms with Crippen LogP contribution in [0.25, 0.3) is 5.65 Å². The van der Waals surface area contributed by atoms with E-state index in [0.717, 1.165) is 47.9 Å². The van der Waals surface area contributed by atoms with Crippen LogP contribution < -0.4 is 10.1 Å². The number of fused-ring (bicyclic) bond motifs is 1. The zero-order valence-corrected chi connectivity index (χ0v) is 16.1. The number of anilines is 1. The molecular weight excluding hydrogens is 346 g/mol. The molecule has 2 heterocycles. The standard InChI is InChI=1S/C24H25N3O/c1-2-10-21-23(25-17-19-11-5-3-6-12-19)27-16-9-15-22(24(27)26-21)28-18-20-13-7-4-8-14-20/h3-9,11-16,25H,2,10,17-18H2,1H3. The van der Waals surface area contributed by atoms with Gasteiger partial charge in [0.15, 0.2) is 11.4 Å². The van der Waals surface area contributed by atoms with Crippen LogP contribution in [0.4, 0.5) is 5.82 Å². The van der Waals surface area contributed by atoms with E-state index in [-0.39, 0.29) is 0 Å². The van der Waals surface area contributed by atoms with Crippen LogP contribution in [0.3, 0.4) is 0 Å². The molecule has 28 heavy (non-hydrogen) atoms. The molecule has 0 spiro atoms. The van der Waals surface area contributed by atoms with E-state index in [4.69, 9.17) is 9.72 Å². The summed E-state index contributed by atoms with van der Waals surface area (Å²) in [6.07, 6.45) is 4.02. The molecule has 142 valence electrons. The van der Waals surface area contributed by atoms with Crippen molar-refractivity contribution in [2.24, 2.45) is 0 Å². The van der Waals surface area contributed by atoms with E-state index < -0.39 is 0 Å². The summed E-state index contributed by atoms with van der Waals surface area (Å²) in [5.74, 6) is 1.85. The third-order valence-corrected chi connectivity index (χ3v) is 4.71. The fourth-order valence-corrected chi connectivity index (χ4v) is 3.32. The molecule has 0 bridgehead atoms. The first-order valence-electron chi connectivity index (χ1n) is 9.79. The Morgan fingerprint density at radius 2 is 1.61 bits per heavy atom. The van der Waals surface area contributed by atoms with Crippen LogP contribution in [0.15, 0.2) is 79.0 Å². The lowest BCUT2D eigenvalue weighted by molar-refractivity contribution is 0.308. The van der Waals surface area contributed by atoms with Crippen molar-refractivity contribution >= 4 is 11.5 Å². The van der Waals surface area contributed by atoms with E-state index in [1.165, 1.54) is 5.56 Å². The Hall–Kier alpha value is -3.27. The van der Waals surface area contributed by atoms with Gasteiger partial charge in [0.2, 0.25) is 0 Å². The summed E-state index contributed by atoms with van der Waals surface area (Å²) in [4.78, 5) is 4.90. The predicted octanol–water partition coefficient (Wildman–Crippen LogP) is 5.48. The average molecular weight is 371 g/mol. The number of rotatable bonds is 8. The van der Waals surface area contributed by atoms with Gasteiger partial charge in [-0.05, 0) is 29.7 Å². The van der Waals surface area contributed by atoms with Crippen LogP contribution in [0.5, 0.6) is 5.75 Å². The van der Waals surface area contributed by atoms with Gasteiger partial charge in [-0.15, -0.1) is 0 Å². The summed E-state index contributed by atoms with van der Waals surface area (Å²) in [5, 5.41) is 3.58. The Bertz CT molecular complexity index is 1030. The second-order valence-corrected chi connectivity index (χ2v) is 6.84. The van der Waals surface area contributed by atoms with Gasteiger partial charge in [0.05, 0.1) is 5.69 Å². The maximum absolute atomic E-state index is 6.10. The summed E-state index contributed by atoms with van der Waals surface area (Å²) in [5.41, 5.74) is 4.33. The number of benzene rings is 2. The van der Waals surface area contributed by atoms with Crippen LogP contribution in [-0.2, 0) is 19.6 Å². The Morgan fingerprint density at radius 3 is 2.32 bits per heavy atom. The summed E-state index contributed by atoms with van der Waals surface area (Å²) in [7, 11) is 0. The monoisotopic (exact) mass is 371 g/mol. The third kappa shape index (κ3) is 4.01. The minimum atomic E-state index is 0.531. The zero-order valence-electron chi connectivity index (χ0n) is 16.1. The van der Waals surface area contributed by atoms with E-state index >= 15 is 0 Å². The molecule has 2 aromatic carbocycles. The molecule has 0 amide bonds. The lowest BCUT2D eigenvalue weighted by Crippen LogP contribution is -2.04. The van der Waals surface area contributed by atoms with Crippen molar-refractivity contribution in [2.75, 3.05) is 5.32 Å². The van der Waals surface area contributed by atoms with Gasteiger partial charge >= 0.3 is 0 Å². The molecule has 4 rings (SSSR count). The molecule has 0 aliphatic carbocycles. The van der Waals surface area contributed by atoms with Crippen LogP contribution >= 0.6 is 0 Å². The molecule has 1 N–H and O–H groups in total. The van der Waals surface area contributed by atoms with Crippen molar-refractivity contribution in [1.29, 1.82) is 0 Å². The van der Waals surface area contributed by atoms with Crippen LogP contribution in [0.1, 0.15) is 30.2 Å². The summed E-state index contributed by atoms with van der Waals surface area (Å²) >= 11 is 0. The van der Waals surface area contributed by atoms with Gasteiger partial charge in [0, 0.05) is 12.7 Å². The smallest absolute Gasteiger partial charge is 0.181 e. The highest BCUT2D eigenvalue weighted by atomic mass is 16.5. The molecule has 4 heteroatoms. The molecule has 0 radical (unpaired) electrons. The quantitative estimate of drug-likeness (QED) is 0.446. The number of ether oxygens (including phenoxy) is 1. The first kappa shape index (κ1) is 18.1. The molecule has 0 saturated carbocycles.